The maximum Gasteiger partial charge on any atom is 0.185 e. The van der Waals surface area contributed by atoms with Crippen molar-refractivity contribution in [3.8, 4) is 5.75 Å². The van der Waals surface area contributed by atoms with Crippen LogP contribution < -0.4 is 0 Å². The zero-order valence-corrected chi connectivity index (χ0v) is 11.3. The van der Waals surface area contributed by atoms with E-state index in [9.17, 15) is 20.1 Å². The number of carbonyl (C=O) groups excluding carboxylic acids is 1. The summed E-state index contributed by atoms with van der Waals surface area (Å²) in [6, 6.07) is 4.61. The molecule has 0 bridgehead atoms. The van der Waals surface area contributed by atoms with Crippen LogP contribution in [0, 0.1) is 6.92 Å². The second-order valence-electron chi connectivity index (χ2n) is 4.18. The number of rotatable bonds is 5. The van der Waals surface area contributed by atoms with E-state index in [0.29, 0.717) is 17.7 Å². The highest BCUT2D eigenvalue weighted by molar-refractivity contribution is 8.13. The minimum absolute atomic E-state index is 0.00231. The van der Waals surface area contributed by atoms with Gasteiger partial charge in [-0.2, -0.15) is 0 Å². The summed E-state index contributed by atoms with van der Waals surface area (Å²) in [6.07, 6.45) is -1.58. The van der Waals surface area contributed by atoms with Gasteiger partial charge in [0, 0.05) is 12.7 Å². The molecule has 2 unspecified atom stereocenters. The summed E-state index contributed by atoms with van der Waals surface area (Å²) in [5, 5.41) is 29.1. The van der Waals surface area contributed by atoms with Gasteiger partial charge in [-0.1, -0.05) is 17.8 Å². The third-order valence-corrected chi connectivity index (χ3v) is 3.50. The van der Waals surface area contributed by atoms with Crippen molar-refractivity contribution in [1.29, 1.82) is 0 Å². The molecule has 0 aromatic heterocycles. The molecule has 0 saturated carbocycles. The van der Waals surface area contributed by atoms with Crippen LogP contribution in [0.1, 0.15) is 30.6 Å². The van der Waals surface area contributed by atoms with Gasteiger partial charge in [0.05, 0.1) is 6.10 Å². The van der Waals surface area contributed by atoms with Gasteiger partial charge in [-0.3, -0.25) is 4.79 Å². The predicted octanol–water partition coefficient (Wildman–Crippen LogP) is 1.76. The Morgan fingerprint density at radius 1 is 1.39 bits per heavy atom. The number of aryl methyl sites for hydroxylation is 1. The topological polar surface area (TPSA) is 77.8 Å². The molecule has 0 amide bonds. The van der Waals surface area contributed by atoms with Crippen LogP contribution in [-0.2, 0) is 4.79 Å². The number of carbonyl (C=O) groups is 1. The number of phenolic OH excluding ortho intramolecular Hbond substituents is 1. The maximum absolute atomic E-state index is 10.7. The summed E-state index contributed by atoms with van der Waals surface area (Å²) in [5.41, 5.74) is 1.31. The van der Waals surface area contributed by atoms with Crippen LogP contribution in [0.5, 0.6) is 5.75 Å². The van der Waals surface area contributed by atoms with Crippen molar-refractivity contribution in [2.24, 2.45) is 0 Å². The number of aliphatic hydroxyl groups excluding tert-OH is 2. The van der Waals surface area contributed by atoms with E-state index in [4.69, 9.17) is 0 Å². The molecule has 5 heteroatoms. The van der Waals surface area contributed by atoms with Gasteiger partial charge in [0.1, 0.15) is 11.9 Å². The van der Waals surface area contributed by atoms with Crippen LogP contribution in [0.3, 0.4) is 0 Å². The molecule has 0 heterocycles. The van der Waals surface area contributed by atoms with Crippen LogP contribution >= 0.6 is 11.8 Å². The molecule has 0 radical (unpaired) electrons. The van der Waals surface area contributed by atoms with Gasteiger partial charge >= 0.3 is 0 Å². The molecule has 0 aliphatic carbocycles. The van der Waals surface area contributed by atoms with Gasteiger partial charge in [-0.05, 0) is 36.6 Å². The molecular formula is C13H18O4S. The lowest BCUT2D eigenvalue weighted by Gasteiger charge is -2.19. The molecule has 2 atom stereocenters. The monoisotopic (exact) mass is 270 g/mol. The molecule has 0 aliphatic rings. The molecule has 4 nitrogen and oxygen atoms in total. The lowest BCUT2D eigenvalue weighted by molar-refractivity contribution is -0.109. The molecule has 0 spiro atoms. The molecule has 3 N–H and O–H groups in total. The minimum atomic E-state index is -1.00. The molecule has 1 aromatic rings. The molecule has 0 aliphatic heterocycles. The highest BCUT2D eigenvalue weighted by Gasteiger charge is 2.20. The molecule has 1 aromatic carbocycles. The number of thioether (sulfide) groups is 1. The first kappa shape index (κ1) is 15.0. The molecule has 0 fully saturated rings. The number of benzene rings is 1. The fourth-order valence-electron chi connectivity index (χ4n) is 1.68. The first-order chi connectivity index (χ1) is 8.41. The fraction of sp³-hybridized carbons (Fsp3) is 0.462. The average Bonchev–Trinajstić information content (AvgIpc) is 2.27. The predicted molar refractivity (Wildman–Crippen MR) is 71.6 cm³/mol. The Morgan fingerprint density at radius 3 is 2.61 bits per heavy atom. The summed E-state index contributed by atoms with van der Waals surface area (Å²) in [7, 11) is 0. The number of aromatic hydroxyl groups is 1. The van der Waals surface area contributed by atoms with Crippen molar-refractivity contribution in [1.82, 2.24) is 0 Å². The quantitative estimate of drug-likeness (QED) is 0.760. The van der Waals surface area contributed by atoms with Crippen molar-refractivity contribution in [3.63, 3.8) is 0 Å². The Bertz CT molecular complexity index is 419. The molecule has 1 rings (SSSR count). The van der Waals surface area contributed by atoms with Crippen LogP contribution in [0.2, 0.25) is 0 Å². The smallest absolute Gasteiger partial charge is 0.185 e. The van der Waals surface area contributed by atoms with E-state index < -0.39 is 12.2 Å². The average molecular weight is 270 g/mol. The van der Waals surface area contributed by atoms with E-state index in [0.717, 1.165) is 17.3 Å². The van der Waals surface area contributed by atoms with Crippen molar-refractivity contribution >= 4 is 16.9 Å². The molecule has 18 heavy (non-hydrogen) atoms. The molecular weight excluding hydrogens is 252 g/mol. The largest absolute Gasteiger partial charge is 0.508 e. The lowest BCUT2D eigenvalue weighted by Crippen LogP contribution is -2.20. The summed E-state index contributed by atoms with van der Waals surface area (Å²) >= 11 is 1.13. The third-order valence-electron chi connectivity index (χ3n) is 2.66. The van der Waals surface area contributed by atoms with Crippen molar-refractivity contribution in [3.05, 3.63) is 29.3 Å². The maximum atomic E-state index is 10.7. The zero-order chi connectivity index (χ0) is 13.7. The van der Waals surface area contributed by atoms with E-state index >= 15 is 0 Å². The summed E-state index contributed by atoms with van der Waals surface area (Å²) in [5.74, 6) is 0.607. The van der Waals surface area contributed by atoms with Crippen molar-refractivity contribution in [2.75, 3.05) is 5.75 Å². The summed E-state index contributed by atoms with van der Waals surface area (Å²) in [6.45, 7) is 3.23. The van der Waals surface area contributed by atoms with E-state index in [-0.39, 0.29) is 10.9 Å². The Balaban J connectivity index is 2.62. The highest BCUT2D eigenvalue weighted by Crippen LogP contribution is 2.26. The Hall–Kier alpha value is -1.04. The second-order valence-corrected chi connectivity index (χ2v) is 5.45. The third kappa shape index (κ3) is 4.33. The minimum Gasteiger partial charge on any atom is -0.508 e. The Labute approximate surface area is 111 Å². The van der Waals surface area contributed by atoms with Gasteiger partial charge in [0.25, 0.3) is 0 Å². The highest BCUT2D eigenvalue weighted by atomic mass is 32.2. The second kappa shape index (κ2) is 6.78. The zero-order valence-electron chi connectivity index (χ0n) is 10.5. The van der Waals surface area contributed by atoms with Crippen molar-refractivity contribution < 1.29 is 20.1 Å². The van der Waals surface area contributed by atoms with Crippen LogP contribution in [0.15, 0.2) is 18.2 Å². The van der Waals surface area contributed by atoms with Gasteiger partial charge in [0.2, 0.25) is 0 Å². The number of hydrogen-bond donors (Lipinski definition) is 3. The normalized spacial score (nSPS) is 14.2. The molecule has 0 saturated heterocycles. The van der Waals surface area contributed by atoms with E-state index in [1.165, 1.54) is 19.1 Å². The number of phenols is 1. The Kier molecular flexibility index (Phi) is 5.65. The number of hydrogen-bond acceptors (Lipinski definition) is 5. The van der Waals surface area contributed by atoms with E-state index in [1.807, 2.05) is 0 Å². The SMILES string of the molecule is CC(=O)SCCC(O)C(O)c1ccc(O)cc1C. The van der Waals surface area contributed by atoms with Crippen LogP contribution in [0.4, 0.5) is 0 Å². The first-order valence-corrected chi connectivity index (χ1v) is 6.69. The van der Waals surface area contributed by atoms with Crippen LogP contribution in [0.25, 0.3) is 0 Å². The first-order valence-electron chi connectivity index (χ1n) is 5.71. The lowest BCUT2D eigenvalue weighted by atomic mass is 9.98. The van der Waals surface area contributed by atoms with Crippen LogP contribution in [-0.4, -0.2) is 32.3 Å². The fourth-order valence-corrected chi connectivity index (χ4v) is 2.33. The molecule has 100 valence electrons. The van der Waals surface area contributed by atoms with Crippen molar-refractivity contribution in [2.45, 2.75) is 32.5 Å². The van der Waals surface area contributed by atoms with Gasteiger partial charge in [-0.15, -0.1) is 0 Å². The van der Waals surface area contributed by atoms with E-state index in [2.05, 4.69) is 0 Å². The van der Waals surface area contributed by atoms with E-state index in [1.54, 1.807) is 13.0 Å². The standard InChI is InChI=1S/C13H18O4S/c1-8-7-10(15)3-4-11(8)13(17)12(16)5-6-18-9(2)14/h3-4,7,12-13,15-17H,5-6H2,1-2H3. The Morgan fingerprint density at radius 2 is 2.06 bits per heavy atom. The van der Waals surface area contributed by atoms with Gasteiger partial charge in [-0.25, -0.2) is 0 Å². The van der Waals surface area contributed by atoms with Gasteiger partial charge < -0.3 is 15.3 Å². The summed E-state index contributed by atoms with van der Waals surface area (Å²) < 4.78 is 0. The van der Waals surface area contributed by atoms with Gasteiger partial charge in [0.15, 0.2) is 5.12 Å². The summed E-state index contributed by atoms with van der Waals surface area (Å²) in [4.78, 5) is 10.7. The number of aliphatic hydroxyl groups is 2.